The van der Waals surface area contributed by atoms with Crippen LogP contribution in [0.15, 0.2) is 47.5 Å². The number of piperazine rings is 1. The molecule has 3 saturated carbocycles. The number of aliphatic hydroxyl groups excluding tert-OH is 1. The van der Waals surface area contributed by atoms with Gasteiger partial charge in [0, 0.05) is 74.4 Å². The van der Waals surface area contributed by atoms with E-state index in [1.54, 1.807) is 41.4 Å². The molecule has 4 heterocycles. The zero-order valence-electron chi connectivity index (χ0n) is 34.0. The number of hydrogen-bond acceptors (Lipinski definition) is 12. The lowest BCUT2D eigenvalue weighted by atomic mass is 9.86. The average molecular weight is 844 g/mol. The molecule has 1 spiro atoms. The van der Waals surface area contributed by atoms with E-state index >= 15 is 0 Å². The van der Waals surface area contributed by atoms with Gasteiger partial charge in [-0.3, -0.25) is 29.5 Å². The molecule has 1 aromatic heterocycles. The van der Waals surface area contributed by atoms with Gasteiger partial charge in [0.15, 0.2) is 0 Å². The summed E-state index contributed by atoms with van der Waals surface area (Å²) in [5, 5.41) is 19.1. The number of aliphatic hydroxyl groups is 1. The molecule has 60 heavy (non-hydrogen) atoms. The van der Waals surface area contributed by atoms with Crippen LogP contribution in [0, 0.1) is 18.7 Å². The first-order chi connectivity index (χ1) is 28.8. The number of benzene rings is 2. The van der Waals surface area contributed by atoms with E-state index in [4.69, 9.17) is 4.98 Å². The molecule has 3 aromatic rings. The van der Waals surface area contributed by atoms with Gasteiger partial charge in [-0.15, -0.1) is 0 Å². The number of anilines is 5. The van der Waals surface area contributed by atoms with Crippen LogP contribution >= 0.6 is 0 Å². The molecular formula is C43H54FN9O6S. The van der Waals surface area contributed by atoms with Gasteiger partial charge in [-0.1, -0.05) is 0 Å². The maximum Gasteiger partial charge on any atom is 0.249 e. The largest absolute Gasteiger partial charge is 0.393 e. The lowest BCUT2D eigenvalue weighted by molar-refractivity contribution is -0.133. The van der Waals surface area contributed by atoms with E-state index < -0.39 is 27.6 Å². The first kappa shape index (κ1) is 40.7. The van der Waals surface area contributed by atoms with E-state index in [9.17, 15) is 32.3 Å². The van der Waals surface area contributed by atoms with Crippen LogP contribution in [0.3, 0.4) is 0 Å². The molecule has 5 fully saturated rings. The number of rotatable bonds is 11. The summed E-state index contributed by atoms with van der Waals surface area (Å²) in [4.78, 5) is 53.2. The third-order valence-corrected chi connectivity index (χ3v) is 15.1. The number of nitrogens with zero attached hydrogens (tertiary/aromatic N) is 5. The molecule has 3 aliphatic carbocycles. The van der Waals surface area contributed by atoms with Crippen LogP contribution in [0.5, 0.6) is 0 Å². The molecule has 17 heteroatoms. The zero-order chi connectivity index (χ0) is 41.8. The van der Waals surface area contributed by atoms with Crippen molar-refractivity contribution in [2.45, 2.75) is 119 Å². The van der Waals surface area contributed by atoms with Crippen LogP contribution in [-0.4, -0.2) is 103 Å². The Labute approximate surface area is 349 Å². The SMILES string of the molecule is Cc1cc(S(=O)(=O)NC2CCC(CN3CCN(c4cc(NC5CCC(=O)NC5=O)ccc4F)CC3)CC2)ccc1Nc1ncc2c(n1)N([C@@H]1CCC[C@@H](O)C1)C(=O)C21CC1. The standard InChI is InChI=1S/C43H54FN9O6S/c1-26-21-32(10-12-35(26)47-42-45-24-33-39(49-42)53(41(57)43(33)15-16-43)30-3-2-4-31(54)23-30)60(58,59)50-28-7-5-27(6-8-28)25-51-17-19-52(20-18-51)37-22-29(9-11-34(37)44)46-36-13-14-38(55)48-40(36)56/h9-12,21-22,24,27-28,30-31,36,46,50,54H,2-8,13-20,23,25H2,1H3,(H,45,47,49)(H,48,55,56)/t27?,28?,30-,31-,36?/m1/s1. The Bertz CT molecular complexity index is 2280. The first-order valence-electron chi connectivity index (χ1n) is 21.5. The summed E-state index contributed by atoms with van der Waals surface area (Å²) in [5.74, 6) is 0.482. The van der Waals surface area contributed by atoms with Crippen LogP contribution in [0.2, 0.25) is 0 Å². The summed E-state index contributed by atoms with van der Waals surface area (Å²) >= 11 is 0. The third kappa shape index (κ3) is 8.20. The molecule has 320 valence electrons. The number of amides is 3. The Hall–Kier alpha value is -4.71. The predicted octanol–water partition coefficient (Wildman–Crippen LogP) is 4.23. The molecule has 2 aromatic carbocycles. The average Bonchev–Trinajstić information content (AvgIpc) is 4.00. The lowest BCUT2D eigenvalue weighted by Gasteiger charge is -2.39. The maximum absolute atomic E-state index is 15.0. The van der Waals surface area contributed by atoms with Crippen molar-refractivity contribution in [3.05, 3.63) is 59.5 Å². The normalized spacial score (nSPS) is 26.9. The molecule has 15 nitrogen and oxygen atoms in total. The number of imide groups is 1. The summed E-state index contributed by atoms with van der Waals surface area (Å²) in [6.45, 7) is 5.64. The number of hydrogen-bond donors (Lipinski definition) is 5. The topological polar surface area (TPSA) is 189 Å². The minimum absolute atomic E-state index is 0.0615. The number of nitrogens with one attached hydrogen (secondary N) is 4. The van der Waals surface area contributed by atoms with Crippen molar-refractivity contribution >= 4 is 56.6 Å². The maximum atomic E-state index is 15.0. The fraction of sp³-hybridized carbons (Fsp3) is 0.558. The van der Waals surface area contributed by atoms with E-state index in [1.807, 2.05) is 11.8 Å². The fourth-order valence-corrected chi connectivity index (χ4v) is 11.3. The highest BCUT2D eigenvalue weighted by Crippen LogP contribution is 2.57. The molecule has 3 amide bonds. The van der Waals surface area contributed by atoms with Crippen molar-refractivity contribution in [1.29, 1.82) is 0 Å². The monoisotopic (exact) mass is 843 g/mol. The highest BCUT2D eigenvalue weighted by molar-refractivity contribution is 7.89. The Morgan fingerprint density at radius 3 is 2.47 bits per heavy atom. The quantitative estimate of drug-likeness (QED) is 0.173. The Morgan fingerprint density at radius 2 is 1.75 bits per heavy atom. The van der Waals surface area contributed by atoms with E-state index in [1.165, 1.54) is 6.07 Å². The summed E-state index contributed by atoms with van der Waals surface area (Å²) in [7, 11) is -3.77. The molecule has 0 radical (unpaired) electrons. The van der Waals surface area contributed by atoms with Crippen molar-refractivity contribution in [2.75, 3.05) is 53.2 Å². The zero-order valence-corrected chi connectivity index (χ0v) is 34.8. The van der Waals surface area contributed by atoms with Gasteiger partial charge in [0.25, 0.3) is 0 Å². The highest BCUT2D eigenvalue weighted by Gasteiger charge is 2.61. The van der Waals surface area contributed by atoms with E-state index in [0.717, 1.165) is 83.0 Å². The minimum Gasteiger partial charge on any atom is -0.393 e. The second kappa shape index (κ2) is 16.3. The van der Waals surface area contributed by atoms with Gasteiger partial charge >= 0.3 is 0 Å². The van der Waals surface area contributed by atoms with Gasteiger partial charge < -0.3 is 20.6 Å². The second-order valence-corrected chi connectivity index (χ2v) is 19.4. The van der Waals surface area contributed by atoms with Crippen LogP contribution in [0.1, 0.15) is 88.2 Å². The van der Waals surface area contributed by atoms with Crippen molar-refractivity contribution in [1.82, 2.24) is 24.9 Å². The molecule has 3 aliphatic heterocycles. The Morgan fingerprint density at radius 1 is 0.967 bits per heavy atom. The number of carbonyl (C=O) groups is 3. The van der Waals surface area contributed by atoms with Gasteiger partial charge in [-0.05, 0) is 125 Å². The molecule has 6 aliphatic rings. The van der Waals surface area contributed by atoms with E-state index in [-0.39, 0.29) is 46.9 Å². The first-order valence-corrected chi connectivity index (χ1v) is 23.0. The van der Waals surface area contributed by atoms with Crippen molar-refractivity contribution in [2.24, 2.45) is 5.92 Å². The van der Waals surface area contributed by atoms with Crippen LogP contribution < -0.4 is 30.5 Å². The Kier molecular flexibility index (Phi) is 11.0. The van der Waals surface area contributed by atoms with Crippen molar-refractivity contribution in [3.8, 4) is 0 Å². The van der Waals surface area contributed by atoms with Gasteiger partial charge in [-0.25, -0.2) is 22.5 Å². The number of sulfonamides is 1. The molecule has 0 bridgehead atoms. The van der Waals surface area contributed by atoms with Crippen LogP contribution in [0.4, 0.5) is 33.2 Å². The molecule has 3 atom stereocenters. The molecule has 1 unspecified atom stereocenters. The number of aryl methyl sites for hydroxylation is 1. The summed E-state index contributed by atoms with van der Waals surface area (Å²) in [6.07, 6.45) is 9.81. The summed E-state index contributed by atoms with van der Waals surface area (Å²) in [6, 6.07) is 8.93. The number of fused-ring (bicyclic) bond motifs is 2. The summed E-state index contributed by atoms with van der Waals surface area (Å²) in [5.41, 5.74) is 2.83. The smallest absolute Gasteiger partial charge is 0.249 e. The molecular weight excluding hydrogens is 790 g/mol. The van der Waals surface area contributed by atoms with Gasteiger partial charge in [-0.2, -0.15) is 4.98 Å². The van der Waals surface area contributed by atoms with Gasteiger partial charge in [0.05, 0.1) is 22.1 Å². The second-order valence-electron chi connectivity index (χ2n) is 17.7. The van der Waals surface area contributed by atoms with E-state index in [0.29, 0.717) is 66.2 Å². The summed E-state index contributed by atoms with van der Waals surface area (Å²) < 4.78 is 45.1. The number of piperidine rings is 1. The molecule has 2 saturated heterocycles. The van der Waals surface area contributed by atoms with Crippen LogP contribution in [0.25, 0.3) is 0 Å². The fourth-order valence-electron chi connectivity index (χ4n) is 9.94. The van der Waals surface area contributed by atoms with E-state index in [2.05, 4.69) is 30.6 Å². The number of carbonyl (C=O) groups excluding carboxylic acids is 3. The van der Waals surface area contributed by atoms with Gasteiger partial charge in [0.2, 0.25) is 33.7 Å². The van der Waals surface area contributed by atoms with Crippen molar-refractivity contribution in [3.63, 3.8) is 0 Å². The minimum atomic E-state index is -3.77. The van der Waals surface area contributed by atoms with Gasteiger partial charge in [0.1, 0.15) is 17.7 Å². The third-order valence-electron chi connectivity index (χ3n) is 13.6. The lowest BCUT2D eigenvalue weighted by Crippen LogP contribution is -2.49. The van der Waals surface area contributed by atoms with Crippen molar-refractivity contribution < 1.29 is 32.3 Å². The molecule has 5 N–H and O–H groups in total. The van der Waals surface area contributed by atoms with Crippen LogP contribution in [-0.2, 0) is 29.8 Å². The molecule has 9 rings (SSSR count). The number of halogens is 1. The predicted molar refractivity (Wildman–Crippen MR) is 224 cm³/mol. The highest BCUT2D eigenvalue weighted by atomic mass is 32.2. The Balaban J connectivity index is 0.756. The number of aromatic nitrogens is 2.